The van der Waals surface area contributed by atoms with Crippen molar-refractivity contribution in [1.82, 2.24) is 25.0 Å². The Morgan fingerprint density at radius 2 is 1.93 bits per heavy atom. The summed E-state index contributed by atoms with van der Waals surface area (Å²) in [6.07, 6.45) is 1.59. The molecule has 0 amide bonds. The lowest BCUT2D eigenvalue weighted by atomic mass is 10.3. The first kappa shape index (κ1) is 21.3. The molecule has 2 heterocycles. The fourth-order valence-corrected chi connectivity index (χ4v) is 4.16. The van der Waals surface area contributed by atoms with Crippen molar-refractivity contribution in [2.24, 2.45) is 4.99 Å². The molecular formula is C19H28N6O3S. The van der Waals surface area contributed by atoms with Gasteiger partial charge in [-0.25, -0.2) is 13.1 Å². The van der Waals surface area contributed by atoms with E-state index in [4.69, 9.17) is 4.52 Å². The number of piperazine rings is 1. The van der Waals surface area contributed by atoms with E-state index in [0.717, 1.165) is 50.9 Å². The normalized spacial score (nSPS) is 16.2. The first-order chi connectivity index (χ1) is 14.1. The van der Waals surface area contributed by atoms with Crippen molar-refractivity contribution in [2.45, 2.75) is 18.4 Å². The number of aliphatic imine (C=N–C) groups is 1. The lowest BCUT2D eigenvalue weighted by molar-refractivity contribution is 0.169. The molecule has 158 valence electrons. The summed E-state index contributed by atoms with van der Waals surface area (Å²) in [5.74, 6) is 0.812. The number of nitrogens with zero attached hydrogens (tertiary/aromatic N) is 4. The van der Waals surface area contributed by atoms with Gasteiger partial charge in [0, 0.05) is 51.9 Å². The number of rotatable bonds is 8. The molecule has 1 aliphatic rings. The highest BCUT2D eigenvalue weighted by molar-refractivity contribution is 7.89. The number of guanidine groups is 1. The van der Waals surface area contributed by atoms with Gasteiger partial charge in [0.05, 0.1) is 17.1 Å². The first-order valence-corrected chi connectivity index (χ1v) is 11.3. The lowest BCUT2D eigenvalue weighted by Crippen LogP contribution is -2.52. The Kier molecular flexibility index (Phi) is 7.62. The number of sulfonamides is 1. The van der Waals surface area contributed by atoms with E-state index in [1.807, 2.05) is 13.0 Å². The van der Waals surface area contributed by atoms with E-state index in [1.54, 1.807) is 36.6 Å². The number of aromatic nitrogens is 1. The van der Waals surface area contributed by atoms with Gasteiger partial charge in [0.1, 0.15) is 6.26 Å². The Morgan fingerprint density at radius 3 is 2.59 bits per heavy atom. The molecule has 3 rings (SSSR count). The molecule has 1 aromatic heterocycles. The molecule has 1 fully saturated rings. The van der Waals surface area contributed by atoms with Crippen molar-refractivity contribution in [1.29, 1.82) is 0 Å². The maximum Gasteiger partial charge on any atom is 0.240 e. The second-order valence-electron chi connectivity index (χ2n) is 6.70. The van der Waals surface area contributed by atoms with Crippen molar-refractivity contribution in [3.05, 3.63) is 48.4 Å². The van der Waals surface area contributed by atoms with Crippen molar-refractivity contribution in [3.63, 3.8) is 0 Å². The fraction of sp³-hybridized carbons (Fsp3) is 0.474. The van der Waals surface area contributed by atoms with Crippen molar-refractivity contribution in [3.8, 4) is 0 Å². The zero-order chi connectivity index (χ0) is 20.5. The minimum Gasteiger partial charge on any atom is -0.364 e. The molecule has 1 aromatic carbocycles. The minimum atomic E-state index is -3.50. The number of hydrogen-bond acceptors (Lipinski definition) is 6. The summed E-state index contributed by atoms with van der Waals surface area (Å²) in [7, 11) is -3.50. The van der Waals surface area contributed by atoms with Gasteiger partial charge in [-0.15, -0.1) is 0 Å². The third kappa shape index (κ3) is 6.28. The molecule has 0 saturated carbocycles. The van der Waals surface area contributed by atoms with Gasteiger partial charge in [0.15, 0.2) is 5.96 Å². The lowest BCUT2D eigenvalue weighted by Gasteiger charge is -2.36. The molecule has 1 saturated heterocycles. The highest BCUT2D eigenvalue weighted by atomic mass is 32.2. The maximum absolute atomic E-state index is 12.3. The van der Waals surface area contributed by atoms with Gasteiger partial charge in [0.25, 0.3) is 0 Å². The highest BCUT2D eigenvalue weighted by Gasteiger charge is 2.20. The van der Waals surface area contributed by atoms with E-state index in [9.17, 15) is 8.42 Å². The molecule has 2 N–H and O–H groups in total. The van der Waals surface area contributed by atoms with E-state index in [2.05, 4.69) is 30.0 Å². The topological polar surface area (TPSA) is 103 Å². The number of benzene rings is 1. The summed E-state index contributed by atoms with van der Waals surface area (Å²) in [6.45, 7) is 7.67. The van der Waals surface area contributed by atoms with Gasteiger partial charge >= 0.3 is 0 Å². The average Bonchev–Trinajstić information content (AvgIpc) is 3.25. The third-order valence-electron chi connectivity index (χ3n) is 4.60. The molecule has 10 heteroatoms. The van der Waals surface area contributed by atoms with Crippen LogP contribution in [0.3, 0.4) is 0 Å². The second kappa shape index (κ2) is 10.4. The Bertz CT molecular complexity index is 863. The zero-order valence-corrected chi connectivity index (χ0v) is 17.4. The second-order valence-corrected chi connectivity index (χ2v) is 8.47. The molecule has 9 nitrogen and oxygen atoms in total. The maximum atomic E-state index is 12.3. The van der Waals surface area contributed by atoms with Crippen LogP contribution in [0.15, 0.2) is 57.1 Å². The Hall–Kier alpha value is -2.43. The largest absolute Gasteiger partial charge is 0.364 e. The van der Waals surface area contributed by atoms with Crippen LogP contribution in [-0.4, -0.2) is 75.1 Å². The van der Waals surface area contributed by atoms with Crippen LogP contribution in [0.1, 0.15) is 12.6 Å². The highest BCUT2D eigenvalue weighted by Crippen LogP contribution is 2.08. The monoisotopic (exact) mass is 420 g/mol. The Morgan fingerprint density at radius 1 is 1.17 bits per heavy atom. The van der Waals surface area contributed by atoms with Crippen LogP contribution in [0.4, 0.5) is 0 Å². The molecule has 0 spiro atoms. The van der Waals surface area contributed by atoms with Crippen LogP contribution >= 0.6 is 0 Å². The first-order valence-electron chi connectivity index (χ1n) is 9.78. The Balaban J connectivity index is 1.48. The predicted octanol–water partition coefficient (Wildman–Crippen LogP) is 0.736. The summed E-state index contributed by atoms with van der Waals surface area (Å²) in [5.41, 5.74) is 0.935. The van der Waals surface area contributed by atoms with Crippen LogP contribution in [-0.2, 0) is 16.6 Å². The van der Waals surface area contributed by atoms with Crippen LogP contribution in [0.5, 0.6) is 0 Å². The molecular weight excluding hydrogens is 392 g/mol. The standard InChI is InChI=1S/C19H28N6O3S/c1-2-20-19(21-9-10-22-29(26,27)18-6-4-3-5-7-18)25-13-11-24(12-14-25)16-17-8-15-28-23-17/h3-8,15,22H,2,9-14,16H2,1H3,(H,20,21). The summed E-state index contributed by atoms with van der Waals surface area (Å²) in [5, 5.41) is 7.26. The van der Waals surface area contributed by atoms with E-state index in [1.165, 1.54) is 0 Å². The molecule has 0 unspecified atom stereocenters. The van der Waals surface area contributed by atoms with Crippen molar-refractivity contribution in [2.75, 3.05) is 45.8 Å². The predicted molar refractivity (Wildman–Crippen MR) is 111 cm³/mol. The average molecular weight is 421 g/mol. The Labute approximate surface area is 171 Å². The van der Waals surface area contributed by atoms with Gasteiger partial charge in [-0.1, -0.05) is 23.4 Å². The zero-order valence-electron chi connectivity index (χ0n) is 16.6. The van der Waals surface area contributed by atoms with Gasteiger partial charge in [0.2, 0.25) is 10.0 Å². The smallest absolute Gasteiger partial charge is 0.240 e. The number of nitrogens with one attached hydrogen (secondary N) is 2. The van der Waals surface area contributed by atoms with E-state index < -0.39 is 10.0 Å². The summed E-state index contributed by atoms with van der Waals surface area (Å²) < 4.78 is 32.0. The van der Waals surface area contributed by atoms with Crippen LogP contribution in [0.2, 0.25) is 0 Å². The van der Waals surface area contributed by atoms with Gasteiger partial charge in [-0.3, -0.25) is 9.89 Å². The summed E-state index contributed by atoms with van der Waals surface area (Å²) in [4.78, 5) is 9.38. The van der Waals surface area contributed by atoms with Crippen molar-refractivity contribution < 1.29 is 12.9 Å². The van der Waals surface area contributed by atoms with E-state index >= 15 is 0 Å². The van der Waals surface area contributed by atoms with Crippen LogP contribution in [0.25, 0.3) is 0 Å². The molecule has 0 bridgehead atoms. The van der Waals surface area contributed by atoms with E-state index in [0.29, 0.717) is 6.54 Å². The van der Waals surface area contributed by atoms with Gasteiger partial charge in [-0.2, -0.15) is 0 Å². The minimum absolute atomic E-state index is 0.248. The van der Waals surface area contributed by atoms with Crippen molar-refractivity contribution >= 4 is 16.0 Å². The fourth-order valence-electron chi connectivity index (χ4n) is 3.12. The SMILES string of the molecule is CCNC(=NCCNS(=O)(=O)c1ccccc1)N1CCN(Cc2ccon2)CC1. The molecule has 0 radical (unpaired) electrons. The third-order valence-corrected chi connectivity index (χ3v) is 6.08. The molecule has 1 aliphatic heterocycles. The molecule has 0 atom stereocenters. The van der Waals surface area contributed by atoms with E-state index in [-0.39, 0.29) is 11.4 Å². The quantitative estimate of drug-likeness (QED) is 0.369. The molecule has 0 aliphatic carbocycles. The van der Waals surface area contributed by atoms with Gasteiger partial charge in [-0.05, 0) is 19.1 Å². The molecule has 2 aromatic rings. The molecule has 29 heavy (non-hydrogen) atoms. The summed E-state index contributed by atoms with van der Waals surface area (Å²) >= 11 is 0. The van der Waals surface area contributed by atoms with Crippen LogP contribution in [0, 0.1) is 0 Å². The number of hydrogen-bond donors (Lipinski definition) is 2. The summed E-state index contributed by atoms with van der Waals surface area (Å²) in [6, 6.07) is 10.2. The van der Waals surface area contributed by atoms with Crippen LogP contribution < -0.4 is 10.0 Å². The van der Waals surface area contributed by atoms with Gasteiger partial charge < -0.3 is 14.7 Å².